The van der Waals surface area contributed by atoms with E-state index < -0.39 is 12.2 Å². The summed E-state index contributed by atoms with van der Waals surface area (Å²) in [6, 6.07) is 0. The zero-order valence-electron chi connectivity index (χ0n) is 8.14. The Morgan fingerprint density at radius 1 is 1.46 bits per heavy atom. The monoisotopic (exact) mass is 187 g/mol. The predicted molar refractivity (Wildman–Crippen MR) is 45.1 cm³/mol. The molecule has 0 saturated carbocycles. The first-order chi connectivity index (χ1) is 6.08. The molecule has 0 aliphatic carbocycles. The molecule has 0 aromatic carbocycles. The molecule has 13 heavy (non-hydrogen) atoms. The van der Waals surface area contributed by atoms with Gasteiger partial charge in [-0.2, -0.15) is 4.79 Å². The standard InChI is InChI=1S/C7H13N3O3/c1-10(2)6(12-3)5(9-8)7(11)13-4/h6H,1-4H3. The number of hydrogen-bond acceptors (Lipinski definition) is 4. The molecule has 0 amide bonds. The minimum Gasteiger partial charge on any atom is -0.460 e. The highest BCUT2D eigenvalue weighted by Crippen LogP contribution is 1.97. The maximum absolute atomic E-state index is 11.0. The smallest absolute Gasteiger partial charge is 0.421 e. The number of carbonyl (C=O) groups is 1. The molecule has 0 spiro atoms. The van der Waals surface area contributed by atoms with Crippen molar-refractivity contribution in [2.24, 2.45) is 0 Å². The molecule has 0 aliphatic heterocycles. The second kappa shape index (κ2) is 5.42. The molecule has 0 rings (SSSR count). The molecule has 1 atom stereocenters. The van der Waals surface area contributed by atoms with E-state index in [-0.39, 0.29) is 5.71 Å². The van der Waals surface area contributed by atoms with E-state index in [4.69, 9.17) is 10.3 Å². The van der Waals surface area contributed by atoms with E-state index in [2.05, 4.69) is 9.53 Å². The summed E-state index contributed by atoms with van der Waals surface area (Å²) >= 11 is 0. The number of nitrogens with zero attached hydrogens (tertiary/aromatic N) is 3. The quantitative estimate of drug-likeness (QED) is 0.193. The molecule has 0 heterocycles. The van der Waals surface area contributed by atoms with Crippen molar-refractivity contribution < 1.29 is 19.1 Å². The molecule has 0 bridgehead atoms. The summed E-state index contributed by atoms with van der Waals surface area (Å²) < 4.78 is 9.32. The molecule has 0 saturated heterocycles. The Morgan fingerprint density at radius 2 is 2.00 bits per heavy atom. The van der Waals surface area contributed by atoms with Gasteiger partial charge in [-0.05, 0) is 14.1 Å². The van der Waals surface area contributed by atoms with Crippen LogP contribution in [0.25, 0.3) is 5.53 Å². The van der Waals surface area contributed by atoms with Gasteiger partial charge in [-0.25, -0.2) is 4.79 Å². The predicted octanol–water partition coefficient (Wildman–Crippen LogP) is -0.636. The molecule has 1 unspecified atom stereocenters. The summed E-state index contributed by atoms with van der Waals surface area (Å²) in [5, 5.41) is 0. The van der Waals surface area contributed by atoms with Crippen molar-refractivity contribution in [2.75, 3.05) is 28.3 Å². The highest BCUT2D eigenvalue weighted by molar-refractivity contribution is 6.35. The van der Waals surface area contributed by atoms with Gasteiger partial charge >= 0.3 is 11.7 Å². The molecule has 0 aliphatic rings. The first-order valence-corrected chi connectivity index (χ1v) is 3.58. The van der Waals surface area contributed by atoms with Crippen LogP contribution in [0.5, 0.6) is 0 Å². The van der Waals surface area contributed by atoms with E-state index in [9.17, 15) is 4.79 Å². The van der Waals surface area contributed by atoms with E-state index in [1.807, 2.05) is 0 Å². The maximum atomic E-state index is 11.0. The third-order valence-electron chi connectivity index (χ3n) is 1.43. The van der Waals surface area contributed by atoms with Crippen molar-refractivity contribution in [2.45, 2.75) is 6.23 Å². The first-order valence-electron chi connectivity index (χ1n) is 3.58. The SMILES string of the molecule is COC(=O)C(=[N+]=[N-])C(OC)N(C)C. The van der Waals surface area contributed by atoms with Crippen LogP contribution in [-0.4, -0.2) is 55.9 Å². The molecule has 6 heteroatoms. The lowest BCUT2D eigenvalue weighted by atomic mass is 10.3. The minimum atomic E-state index is -0.719. The van der Waals surface area contributed by atoms with Gasteiger partial charge < -0.3 is 15.0 Å². The van der Waals surface area contributed by atoms with E-state index >= 15 is 0 Å². The van der Waals surface area contributed by atoms with Gasteiger partial charge in [0.25, 0.3) is 0 Å². The van der Waals surface area contributed by atoms with Crippen LogP contribution in [0.15, 0.2) is 0 Å². The molecule has 0 radical (unpaired) electrons. The molecular weight excluding hydrogens is 174 g/mol. The normalized spacial score (nSPS) is 12.1. The Bertz CT molecular complexity index is 233. The van der Waals surface area contributed by atoms with Gasteiger partial charge in [-0.3, -0.25) is 4.90 Å². The molecular formula is C7H13N3O3. The Labute approximate surface area is 76.7 Å². The Kier molecular flexibility index (Phi) is 4.91. The van der Waals surface area contributed by atoms with Crippen LogP contribution in [0.1, 0.15) is 0 Å². The Balaban J connectivity index is 4.75. The summed E-state index contributed by atoms with van der Waals surface area (Å²) in [5.41, 5.74) is 8.37. The van der Waals surface area contributed by atoms with E-state index in [1.54, 1.807) is 19.0 Å². The van der Waals surface area contributed by atoms with Gasteiger partial charge in [0.15, 0.2) is 0 Å². The number of esters is 1. The molecule has 74 valence electrons. The van der Waals surface area contributed by atoms with Gasteiger partial charge in [0, 0.05) is 7.11 Å². The fourth-order valence-corrected chi connectivity index (χ4v) is 0.863. The highest BCUT2D eigenvalue weighted by atomic mass is 16.5. The summed E-state index contributed by atoms with van der Waals surface area (Å²) in [6.45, 7) is 0. The lowest BCUT2D eigenvalue weighted by Crippen LogP contribution is -2.42. The maximum Gasteiger partial charge on any atom is 0.421 e. The molecule has 6 nitrogen and oxygen atoms in total. The fraction of sp³-hybridized carbons (Fsp3) is 0.714. The summed E-state index contributed by atoms with van der Waals surface area (Å²) in [6.07, 6.45) is -0.711. The largest absolute Gasteiger partial charge is 0.460 e. The number of ether oxygens (including phenoxy) is 2. The van der Waals surface area contributed by atoms with Gasteiger partial charge in [0.2, 0.25) is 6.23 Å². The fourth-order valence-electron chi connectivity index (χ4n) is 0.863. The van der Waals surface area contributed by atoms with E-state index in [0.29, 0.717) is 0 Å². The number of methoxy groups -OCH3 is 2. The topological polar surface area (TPSA) is 75.2 Å². The summed E-state index contributed by atoms with van der Waals surface area (Å²) in [5.74, 6) is -0.719. The number of carbonyl (C=O) groups excluding carboxylic acids is 1. The van der Waals surface area contributed by atoms with Crippen molar-refractivity contribution in [1.29, 1.82) is 0 Å². The van der Waals surface area contributed by atoms with Gasteiger partial charge in [-0.15, -0.1) is 0 Å². The van der Waals surface area contributed by atoms with Crippen LogP contribution in [0.2, 0.25) is 0 Å². The molecule has 0 N–H and O–H groups in total. The minimum absolute atomic E-state index is 0.185. The zero-order valence-corrected chi connectivity index (χ0v) is 8.14. The van der Waals surface area contributed by atoms with E-state index in [0.717, 1.165) is 0 Å². The van der Waals surface area contributed by atoms with Crippen LogP contribution in [-0.2, 0) is 14.3 Å². The van der Waals surface area contributed by atoms with Crippen molar-refractivity contribution in [3.8, 4) is 0 Å². The van der Waals surface area contributed by atoms with E-state index in [1.165, 1.54) is 14.2 Å². The Morgan fingerprint density at radius 3 is 2.23 bits per heavy atom. The van der Waals surface area contributed by atoms with Crippen LogP contribution >= 0.6 is 0 Å². The lowest BCUT2D eigenvalue weighted by molar-refractivity contribution is -0.141. The van der Waals surface area contributed by atoms with Crippen molar-refractivity contribution in [3.63, 3.8) is 0 Å². The number of hydrogen-bond donors (Lipinski definition) is 0. The molecule has 0 aromatic rings. The highest BCUT2D eigenvalue weighted by Gasteiger charge is 2.33. The third kappa shape index (κ3) is 2.95. The second-order valence-electron chi connectivity index (χ2n) is 2.53. The Hall–Kier alpha value is -1.23. The summed E-state index contributed by atoms with van der Waals surface area (Å²) in [7, 11) is 5.97. The van der Waals surface area contributed by atoms with Crippen LogP contribution in [0.3, 0.4) is 0 Å². The third-order valence-corrected chi connectivity index (χ3v) is 1.43. The van der Waals surface area contributed by atoms with Crippen LogP contribution in [0, 0.1) is 0 Å². The zero-order chi connectivity index (χ0) is 10.4. The molecule has 0 fully saturated rings. The van der Waals surface area contributed by atoms with Crippen molar-refractivity contribution in [3.05, 3.63) is 5.53 Å². The van der Waals surface area contributed by atoms with Gasteiger partial charge in [0.05, 0.1) is 7.11 Å². The summed E-state index contributed by atoms with van der Waals surface area (Å²) in [4.78, 5) is 15.4. The van der Waals surface area contributed by atoms with Crippen LogP contribution < -0.4 is 0 Å². The van der Waals surface area contributed by atoms with Crippen molar-refractivity contribution >= 4 is 11.7 Å². The average molecular weight is 187 g/mol. The lowest BCUT2D eigenvalue weighted by Gasteiger charge is -2.16. The average Bonchev–Trinajstić information content (AvgIpc) is 2.12. The van der Waals surface area contributed by atoms with Gasteiger partial charge in [-0.1, -0.05) is 0 Å². The first kappa shape index (κ1) is 11.8. The second-order valence-corrected chi connectivity index (χ2v) is 2.53. The van der Waals surface area contributed by atoms with Crippen molar-refractivity contribution in [1.82, 2.24) is 4.90 Å². The van der Waals surface area contributed by atoms with Gasteiger partial charge in [0.1, 0.15) is 0 Å². The van der Waals surface area contributed by atoms with Crippen LogP contribution in [0.4, 0.5) is 0 Å². The molecule has 0 aromatic heterocycles. The number of rotatable bonds is 4.